The number of hydrogen-bond acceptors (Lipinski definition) is 3. The minimum Gasteiger partial charge on any atom is -0.392 e. The summed E-state index contributed by atoms with van der Waals surface area (Å²) in [5.74, 6) is 0. The predicted molar refractivity (Wildman–Crippen MR) is 55.5 cm³/mol. The lowest BCUT2D eigenvalue weighted by Gasteiger charge is -2.12. The van der Waals surface area contributed by atoms with E-state index in [1.807, 2.05) is 0 Å². The van der Waals surface area contributed by atoms with Crippen LogP contribution in [-0.4, -0.2) is 15.1 Å². The van der Waals surface area contributed by atoms with Crippen LogP contribution in [0, 0.1) is 0 Å². The van der Waals surface area contributed by atoms with Gasteiger partial charge in [-0.15, -0.1) is 0 Å². The summed E-state index contributed by atoms with van der Waals surface area (Å²) in [4.78, 5) is 7.41. The number of nitrogens with zero attached hydrogens (tertiary/aromatic N) is 2. The maximum atomic E-state index is 12.7. The van der Waals surface area contributed by atoms with Gasteiger partial charge < -0.3 is 5.11 Å². The Morgan fingerprint density at radius 3 is 2.53 bits per heavy atom. The third kappa shape index (κ3) is 2.18. The SMILES string of the molecule is OCc1cc2ncnc(Cl)c2cc1C(F)(F)F. The van der Waals surface area contributed by atoms with E-state index >= 15 is 0 Å². The van der Waals surface area contributed by atoms with Gasteiger partial charge in [0.1, 0.15) is 11.5 Å². The molecule has 90 valence electrons. The first-order chi connectivity index (χ1) is 7.93. The predicted octanol–water partition coefficient (Wildman–Crippen LogP) is 2.79. The molecule has 0 aliphatic carbocycles. The first-order valence-electron chi connectivity index (χ1n) is 4.54. The molecule has 0 saturated heterocycles. The molecule has 0 fully saturated rings. The van der Waals surface area contributed by atoms with Crippen molar-refractivity contribution in [3.63, 3.8) is 0 Å². The van der Waals surface area contributed by atoms with Gasteiger partial charge in [0.15, 0.2) is 0 Å². The van der Waals surface area contributed by atoms with E-state index < -0.39 is 18.3 Å². The molecular formula is C10H6ClF3N2O. The zero-order chi connectivity index (χ0) is 12.6. The minimum absolute atomic E-state index is 0.0509. The van der Waals surface area contributed by atoms with Crippen LogP contribution < -0.4 is 0 Å². The van der Waals surface area contributed by atoms with Crippen LogP contribution in [0.3, 0.4) is 0 Å². The molecule has 0 bridgehead atoms. The van der Waals surface area contributed by atoms with Crippen LogP contribution in [0.2, 0.25) is 5.15 Å². The highest BCUT2D eigenvalue weighted by atomic mass is 35.5. The molecule has 2 rings (SSSR count). The summed E-state index contributed by atoms with van der Waals surface area (Å²) in [5, 5.41) is 8.99. The third-order valence-electron chi connectivity index (χ3n) is 2.29. The number of halogens is 4. The Bertz CT molecular complexity index is 571. The number of aromatic nitrogens is 2. The second-order valence-corrected chi connectivity index (χ2v) is 3.70. The Balaban J connectivity index is 2.79. The molecule has 1 N–H and O–H groups in total. The highest BCUT2D eigenvalue weighted by molar-refractivity contribution is 6.34. The smallest absolute Gasteiger partial charge is 0.392 e. The summed E-state index contributed by atoms with van der Waals surface area (Å²) in [7, 11) is 0. The minimum atomic E-state index is -4.55. The van der Waals surface area contributed by atoms with Crippen LogP contribution in [0.25, 0.3) is 10.9 Å². The van der Waals surface area contributed by atoms with Gasteiger partial charge in [0.2, 0.25) is 0 Å². The Kier molecular flexibility index (Phi) is 2.92. The molecule has 0 aliphatic rings. The van der Waals surface area contributed by atoms with E-state index in [2.05, 4.69) is 9.97 Å². The average molecular weight is 263 g/mol. The zero-order valence-electron chi connectivity index (χ0n) is 8.29. The summed E-state index contributed by atoms with van der Waals surface area (Å²) in [6.45, 7) is -0.716. The fourth-order valence-corrected chi connectivity index (χ4v) is 1.70. The highest BCUT2D eigenvalue weighted by Crippen LogP contribution is 2.35. The fourth-order valence-electron chi connectivity index (χ4n) is 1.51. The van der Waals surface area contributed by atoms with E-state index in [9.17, 15) is 13.2 Å². The first kappa shape index (κ1) is 12.1. The van der Waals surface area contributed by atoms with Gasteiger partial charge in [-0.2, -0.15) is 13.2 Å². The Morgan fingerprint density at radius 1 is 1.24 bits per heavy atom. The summed E-state index contributed by atoms with van der Waals surface area (Å²) in [5.41, 5.74) is -0.897. The number of rotatable bonds is 1. The Hall–Kier alpha value is -1.40. The normalized spacial score (nSPS) is 12.1. The van der Waals surface area contributed by atoms with E-state index in [-0.39, 0.29) is 21.6 Å². The number of hydrogen-bond donors (Lipinski definition) is 1. The van der Waals surface area contributed by atoms with Crippen molar-refractivity contribution in [1.29, 1.82) is 0 Å². The number of fused-ring (bicyclic) bond motifs is 1. The number of benzene rings is 1. The van der Waals surface area contributed by atoms with Gasteiger partial charge in [0.05, 0.1) is 17.7 Å². The molecule has 0 saturated carbocycles. The molecule has 0 amide bonds. The topological polar surface area (TPSA) is 46.0 Å². The Labute approximate surface area is 98.9 Å². The van der Waals surface area contributed by atoms with Crippen molar-refractivity contribution in [2.75, 3.05) is 0 Å². The van der Waals surface area contributed by atoms with E-state index in [0.717, 1.165) is 18.5 Å². The molecule has 0 unspecified atom stereocenters. The first-order valence-corrected chi connectivity index (χ1v) is 4.92. The molecule has 17 heavy (non-hydrogen) atoms. The lowest BCUT2D eigenvalue weighted by molar-refractivity contribution is -0.138. The number of aliphatic hydroxyl groups is 1. The highest BCUT2D eigenvalue weighted by Gasteiger charge is 2.33. The van der Waals surface area contributed by atoms with Crippen LogP contribution >= 0.6 is 11.6 Å². The Morgan fingerprint density at radius 2 is 1.94 bits per heavy atom. The molecule has 3 nitrogen and oxygen atoms in total. The average Bonchev–Trinajstić information content (AvgIpc) is 2.26. The lowest BCUT2D eigenvalue weighted by atomic mass is 10.0. The van der Waals surface area contributed by atoms with Crippen molar-refractivity contribution in [2.45, 2.75) is 12.8 Å². The van der Waals surface area contributed by atoms with E-state index in [4.69, 9.17) is 16.7 Å². The molecule has 1 aromatic heterocycles. The van der Waals surface area contributed by atoms with Gasteiger partial charge in [0.25, 0.3) is 0 Å². The molecule has 0 aliphatic heterocycles. The van der Waals surface area contributed by atoms with Crippen LogP contribution in [0.1, 0.15) is 11.1 Å². The van der Waals surface area contributed by atoms with Gasteiger partial charge >= 0.3 is 6.18 Å². The quantitative estimate of drug-likeness (QED) is 0.804. The van der Waals surface area contributed by atoms with Gasteiger partial charge in [-0.1, -0.05) is 11.6 Å². The second kappa shape index (κ2) is 4.12. The lowest BCUT2D eigenvalue weighted by Crippen LogP contribution is -2.09. The summed E-state index contributed by atoms with van der Waals surface area (Å²) in [6.07, 6.45) is -3.40. The molecular weight excluding hydrogens is 257 g/mol. The van der Waals surface area contributed by atoms with Gasteiger partial charge in [-0.05, 0) is 17.7 Å². The third-order valence-corrected chi connectivity index (χ3v) is 2.59. The van der Waals surface area contributed by atoms with E-state index in [1.54, 1.807) is 0 Å². The van der Waals surface area contributed by atoms with Crippen molar-refractivity contribution in [3.05, 3.63) is 34.7 Å². The molecule has 0 radical (unpaired) electrons. The van der Waals surface area contributed by atoms with Crippen LogP contribution in [-0.2, 0) is 12.8 Å². The van der Waals surface area contributed by atoms with Crippen molar-refractivity contribution in [1.82, 2.24) is 9.97 Å². The number of aliphatic hydroxyl groups excluding tert-OH is 1. The van der Waals surface area contributed by atoms with E-state index in [0.29, 0.717) is 0 Å². The molecule has 1 aromatic carbocycles. The fraction of sp³-hybridized carbons (Fsp3) is 0.200. The standard InChI is InChI=1S/C10H6ClF3N2O/c11-9-6-2-7(10(12,13)14)5(3-17)1-8(6)15-4-16-9/h1-2,4,17H,3H2. The van der Waals surface area contributed by atoms with Crippen molar-refractivity contribution >= 4 is 22.5 Å². The zero-order valence-corrected chi connectivity index (χ0v) is 9.05. The molecule has 7 heteroatoms. The molecule has 0 atom stereocenters. The van der Waals surface area contributed by atoms with Gasteiger partial charge in [-0.25, -0.2) is 9.97 Å². The van der Waals surface area contributed by atoms with Gasteiger partial charge in [-0.3, -0.25) is 0 Å². The summed E-state index contributed by atoms with van der Waals surface area (Å²) in [6, 6.07) is 2.01. The number of alkyl halides is 3. The van der Waals surface area contributed by atoms with Gasteiger partial charge in [0, 0.05) is 5.39 Å². The monoisotopic (exact) mass is 262 g/mol. The van der Waals surface area contributed by atoms with Crippen LogP contribution in [0.5, 0.6) is 0 Å². The van der Waals surface area contributed by atoms with Crippen molar-refractivity contribution < 1.29 is 18.3 Å². The summed E-state index contributed by atoms with van der Waals surface area (Å²) >= 11 is 5.69. The second-order valence-electron chi connectivity index (χ2n) is 3.35. The largest absolute Gasteiger partial charge is 0.416 e. The van der Waals surface area contributed by atoms with E-state index in [1.165, 1.54) is 0 Å². The molecule has 0 spiro atoms. The maximum absolute atomic E-state index is 12.7. The molecule has 1 heterocycles. The summed E-state index contributed by atoms with van der Waals surface area (Å²) < 4.78 is 38.1. The van der Waals surface area contributed by atoms with Crippen LogP contribution in [0.4, 0.5) is 13.2 Å². The maximum Gasteiger partial charge on any atom is 0.416 e. The van der Waals surface area contributed by atoms with Crippen molar-refractivity contribution in [3.8, 4) is 0 Å². The van der Waals surface area contributed by atoms with Crippen LogP contribution in [0.15, 0.2) is 18.5 Å². The molecule has 2 aromatic rings. The van der Waals surface area contributed by atoms with Crippen molar-refractivity contribution in [2.24, 2.45) is 0 Å².